The molecule has 0 unspecified atom stereocenters. The molecule has 0 saturated carbocycles. The molecule has 0 fully saturated rings. The molecule has 0 atom stereocenters. The van der Waals surface area contributed by atoms with Crippen LogP contribution >= 0.6 is 22.7 Å². The third-order valence-electron chi connectivity index (χ3n) is 4.02. The largest absolute Gasteiger partial charge is 0.297 e. The van der Waals surface area contributed by atoms with Gasteiger partial charge < -0.3 is 0 Å². The topological polar surface area (TPSA) is 59.8 Å². The van der Waals surface area contributed by atoms with Crippen molar-refractivity contribution in [3.8, 4) is 5.69 Å². The summed E-state index contributed by atoms with van der Waals surface area (Å²) in [6, 6.07) is 11.9. The predicted molar refractivity (Wildman–Crippen MR) is 103 cm³/mol. The van der Waals surface area contributed by atoms with Gasteiger partial charge in [0.25, 0.3) is 5.91 Å². The number of nitrogens with zero attached hydrogens (tertiary/aromatic N) is 3. The number of carbonyl (C=O) groups is 1. The second kappa shape index (κ2) is 6.09. The number of para-hydroxylation sites is 1. The first-order valence-corrected chi connectivity index (χ1v) is 9.46. The summed E-state index contributed by atoms with van der Waals surface area (Å²) in [4.78, 5) is 19.7. The van der Waals surface area contributed by atoms with Crippen molar-refractivity contribution in [3.63, 3.8) is 0 Å². The number of benzene rings is 1. The Kier molecular flexibility index (Phi) is 3.89. The van der Waals surface area contributed by atoms with E-state index >= 15 is 0 Å². The summed E-state index contributed by atoms with van der Waals surface area (Å²) in [5, 5.41) is 9.15. The predicted octanol–water partition coefficient (Wildman–Crippen LogP) is 4.72. The van der Waals surface area contributed by atoms with E-state index in [2.05, 4.69) is 15.4 Å². The number of fused-ring (bicyclic) bond motifs is 1. The van der Waals surface area contributed by atoms with Crippen LogP contribution in [0.25, 0.3) is 15.9 Å². The summed E-state index contributed by atoms with van der Waals surface area (Å²) in [6.45, 7) is 5.91. The molecule has 0 aliphatic carbocycles. The van der Waals surface area contributed by atoms with Gasteiger partial charge in [-0.3, -0.25) is 10.1 Å². The fourth-order valence-electron chi connectivity index (χ4n) is 2.59. The quantitative estimate of drug-likeness (QED) is 0.569. The van der Waals surface area contributed by atoms with E-state index in [1.807, 2.05) is 61.9 Å². The zero-order chi connectivity index (χ0) is 17.6. The van der Waals surface area contributed by atoms with Gasteiger partial charge in [-0.2, -0.15) is 5.10 Å². The summed E-state index contributed by atoms with van der Waals surface area (Å²) in [5.74, 6) is -0.131. The molecule has 0 aliphatic heterocycles. The molecule has 0 bridgehead atoms. The Bertz CT molecular complexity index is 1060. The molecule has 126 valence electrons. The van der Waals surface area contributed by atoms with Crippen molar-refractivity contribution in [2.24, 2.45) is 0 Å². The molecule has 0 aliphatic rings. The highest BCUT2D eigenvalue weighted by atomic mass is 32.1. The fraction of sp³-hybridized carbons (Fsp3) is 0.167. The SMILES string of the molecule is Cc1nc(NC(=O)c2cc3c(C)nn(-c4ccccc4)c3s2)sc1C. The van der Waals surface area contributed by atoms with Gasteiger partial charge >= 0.3 is 0 Å². The Morgan fingerprint density at radius 2 is 1.84 bits per heavy atom. The van der Waals surface area contributed by atoms with Crippen LogP contribution in [0.5, 0.6) is 0 Å². The first kappa shape index (κ1) is 16.0. The molecule has 1 N–H and O–H groups in total. The number of aromatic nitrogens is 3. The van der Waals surface area contributed by atoms with E-state index in [9.17, 15) is 4.79 Å². The van der Waals surface area contributed by atoms with Crippen molar-refractivity contribution in [3.05, 3.63) is 57.5 Å². The molecule has 3 heterocycles. The van der Waals surface area contributed by atoms with Crippen LogP contribution < -0.4 is 5.32 Å². The van der Waals surface area contributed by atoms with Crippen molar-refractivity contribution in [2.75, 3.05) is 5.32 Å². The van der Waals surface area contributed by atoms with Gasteiger partial charge in [0, 0.05) is 10.3 Å². The van der Waals surface area contributed by atoms with Crippen molar-refractivity contribution >= 4 is 43.9 Å². The molecular formula is C18H16N4OS2. The lowest BCUT2D eigenvalue weighted by molar-refractivity contribution is 0.103. The van der Waals surface area contributed by atoms with Gasteiger partial charge in [0.15, 0.2) is 5.13 Å². The van der Waals surface area contributed by atoms with Crippen molar-refractivity contribution in [1.82, 2.24) is 14.8 Å². The van der Waals surface area contributed by atoms with E-state index in [4.69, 9.17) is 0 Å². The maximum Gasteiger partial charge on any atom is 0.267 e. The average molecular weight is 368 g/mol. The zero-order valence-corrected chi connectivity index (χ0v) is 15.7. The summed E-state index contributed by atoms with van der Waals surface area (Å²) < 4.78 is 1.89. The highest BCUT2D eigenvalue weighted by Crippen LogP contribution is 2.31. The van der Waals surface area contributed by atoms with Crippen molar-refractivity contribution in [2.45, 2.75) is 20.8 Å². The molecule has 1 amide bonds. The monoisotopic (exact) mass is 368 g/mol. The van der Waals surface area contributed by atoms with E-state index in [1.54, 1.807) is 0 Å². The number of anilines is 1. The lowest BCUT2D eigenvalue weighted by Gasteiger charge is -2.01. The number of hydrogen-bond donors (Lipinski definition) is 1. The maximum absolute atomic E-state index is 12.6. The summed E-state index contributed by atoms with van der Waals surface area (Å²) >= 11 is 2.94. The number of rotatable bonds is 3. The molecular weight excluding hydrogens is 352 g/mol. The van der Waals surface area contributed by atoms with Crippen LogP contribution in [0.3, 0.4) is 0 Å². The van der Waals surface area contributed by atoms with Crippen LogP contribution in [0.2, 0.25) is 0 Å². The Morgan fingerprint density at radius 1 is 1.08 bits per heavy atom. The Balaban J connectivity index is 1.70. The fourth-order valence-corrected chi connectivity index (χ4v) is 4.48. The third-order valence-corrected chi connectivity index (χ3v) is 6.12. The van der Waals surface area contributed by atoms with Crippen LogP contribution in [0.1, 0.15) is 25.9 Å². The van der Waals surface area contributed by atoms with E-state index in [-0.39, 0.29) is 5.91 Å². The standard InChI is InChI=1S/C18H16N4OS2/c1-10-12(3)24-18(19-10)20-16(23)15-9-14-11(2)21-22(17(14)25-15)13-7-5-4-6-8-13/h4-9H,1-3H3,(H,19,20,23). The number of hydrogen-bond acceptors (Lipinski definition) is 5. The molecule has 25 heavy (non-hydrogen) atoms. The van der Waals surface area contributed by atoms with E-state index < -0.39 is 0 Å². The second-order valence-corrected chi connectivity index (χ2v) is 8.01. The molecule has 1 aromatic carbocycles. The minimum Gasteiger partial charge on any atom is -0.297 e. The molecule has 7 heteroatoms. The van der Waals surface area contributed by atoms with Crippen LogP contribution in [-0.2, 0) is 0 Å². The summed E-state index contributed by atoms with van der Waals surface area (Å²) in [7, 11) is 0. The van der Waals surface area contributed by atoms with Crippen molar-refractivity contribution in [1.29, 1.82) is 0 Å². The molecule has 0 saturated heterocycles. The molecule has 0 spiro atoms. The average Bonchev–Trinajstić information content (AvgIpc) is 3.25. The lowest BCUT2D eigenvalue weighted by Crippen LogP contribution is -2.09. The number of aryl methyl sites for hydroxylation is 3. The molecule has 0 radical (unpaired) electrons. The molecule has 4 aromatic rings. The Labute approximate surface area is 153 Å². The molecule has 5 nitrogen and oxygen atoms in total. The smallest absolute Gasteiger partial charge is 0.267 e. The molecule has 3 aromatic heterocycles. The van der Waals surface area contributed by atoms with Crippen LogP contribution in [0.4, 0.5) is 5.13 Å². The number of amides is 1. The van der Waals surface area contributed by atoms with Crippen molar-refractivity contribution < 1.29 is 4.79 Å². The van der Waals surface area contributed by atoms with Gasteiger partial charge in [-0.15, -0.1) is 22.7 Å². The highest BCUT2D eigenvalue weighted by molar-refractivity contribution is 7.20. The maximum atomic E-state index is 12.6. The minimum absolute atomic E-state index is 0.131. The van der Waals surface area contributed by atoms with E-state index in [0.717, 1.165) is 32.2 Å². The lowest BCUT2D eigenvalue weighted by atomic mass is 10.3. The Hall–Kier alpha value is -2.51. The number of nitrogens with one attached hydrogen (secondary N) is 1. The van der Waals surface area contributed by atoms with Crippen LogP contribution in [-0.4, -0.2) is 20.7 Å². The van der Waals surface area contributed by atoms with E-state index in [1.165, 1.54) is 22.7 Å². The van der Waals surface area contributed by atoms with Gasteiger partial charge in [0.05, 0.1) is 22.0 Å². The zero-order valence-electron chi connectivity index (χ0n) is 14.0. The Morgan fingerprint density at radius 3 is 2.52 bits per heavy atom. The van der Waals surface area contributed by atoms with Gasteiger partial charge in [-0.05, 0) is 39.0 Å². The molecule has 4 rings (SSSR count). The summed E-state index contributed by atoms with van der Waals surface area (Å²) in [5.41, 5.74) is 2.85. The van der Waals surface area contributed by atoms with Gasteiger partial charge in [0.2, 0.25) is 0 Å². The highest BCUT2D eigenvalue weighted by Gasteiger charge is 2.18. The van der Waals surface area contributed by atoms with E-state index in [0.29, 0.717) is 10.0 Å². The summed E-state index contributed by atoms with van der Waals surface area (Å²) in [6.07, 6.45) is 0. The van der Waals surface area contributed by atoms with Crippen LogP contribution in [0, 0.1) is 20.8 Å². The second-order valence-electron chi connectivity index (χ2n) is 5.78. The minimum atomic E-state index is -0.131. The number of thiophene rings is 1. The first-order valence-electron chi connectivity index (χ1n) is 7.83. The number of thiazole rings is 1. The normalized spacial score (nSPS) is 11.2. The first-order chi connectivity index (χ1) is 12.0. The number of carbonyl (C=O) groups excluding carboxylic acids is 1. The van der Waals surface area contributed by atoms with Gasteiger partial charge in [0.1, 0.15) is 4.83 Å². The van der Waals surface area contributed by atoms with Gasteiger partial charge in [-0.1, -0.05) is 18.2 Å². The van der Waals surface area contributed by atoms with Gasteiger partial charge in [-0.25, -0.2) is 9.67 Å². The third kappa shape index (κ3) is 2.85. The van der Waals surface area contributed by atoms with Crippen LogP contribution in [0.15, 0.2) is 36.4 Å².